The number of amides is 1. The van der Waals surface area contributed by atoms with Crippen molar-refractivity contribution in [2.75, 3.05) is 32.7 Å². The summed E-state index contributed by atoms with van der Waals surface area (Å²) in [5, 5.41) is 1.21. The van der Waals surface area contributed by atoms with Gasteiger partial charge in [-0.15, -0.1) is 6.58 Å². The van der Waals surface area contributed by atoms with Gasteiger partial charge in [-0.05, 0) is 32.0 Å². The lowest BCUT2D eigenvalue weighted by molar-refractivity contribution is -0.902. The van der Waals surface area contributed by atoms with Gasteiger partial charge in [0.15, 0.2) is 5.16 Å². The first-order valence-electron chi connectivity index (χ1n) is 9.54. The molecule has 1 aliphatic heterocycles. The van der Waals surface area contributed by atoms with Crippen molar-refractivity contribution < 1.29 is 9.69 Å². The maximum Gasteiger partial charge on any atom is 0.262 e. The normalized spacial score (nSPS) is 16.3. The molecule has 0 aliphatic carbocycles. The number of nitrogens with one attached hydrogen (secondary N) is 1. The van der Waals surface area contributed by atoms with Crippen LogP contribution in [-0.4, -0.2) is 58.3 Å². The van der Waals surface area contributed by atoms with Crippen LogP contribution in [0.5, 0.6) is 0 Å². The predicted molar refractivity (Wildman–Crippen MR) is 114 cm³/mol. The Morgan fingerprint density at radius 2 is 2.14 bits per heavy atom. The number of halogens is 1. The lowest BCUT2D eigenvalue weighted by atomic mass is 10.2. The number of fused-ring (bicyclic) bond motifs is 1. The number of carbonyl (C=O) groups excluding carboxylic acids is 1. The van der Waals surface area contributed by atoms with E-state index in [0.717, 1.165) is 32.7 Å². The average Bonchev–Trinajstić information content (AvgIpc) is 2.70. The van der Waals surface area contributed by atoms with Crippen LogP contribution in [0, 0.1) is 0 Å². The van der Waals surface area contributed by atoms with Crippen molar-refractivity contribution in [3.05, 3.63) is 46.2 Å². The number of carbonyl (C=O) groups is 1. The number of hydrogen-bond donors (Lipinski definition) is 1. The lowest BCUT2D eigenvalue weighted by Gasteiger charge is -2.33. The lowest BCUT2D eigenvalue weighted by Crippen LogP contribution is -3.14. The average molecular weight is 422 g/mol. The Kier molecular flexibility index (Phi) is 6.80. The summed E-state index contributed by atoms with van der Waals surface area (Å²) in [4.78, 5) is 33.9. The maximum atomic E-state index is 12.9. The molecule has 1 aliphatic rings. The molecule has 0 radical (unpaired) electrons. The number of thioether (sulfide) groups is 1. The fraction of sp³-hybridized carbons (Fsp3) is 0.450. The second-order valence-corrected chi connectivity index (χ2v) is 8.69. The SMILES string of the molecule is C=CCn1c(S[C@H](C)C(=O)N2CC[NH+](CC)CC2)nc2cc(Cl)ccc2c1=O. The van der Waals surface area contributed by atoms with E-state index in [1.54, 1.807) is 28.8 Å². The fourth-order valence-corrected chi connectivity index (χ4v) is 4.58. The molecule has 1 aromatic carbocycles. The second-order valence-electron chi connectivity index (χ2n) is 6.95. The molecule has 2 heterocycles. The summed E-state index contributed by atoms with van der Waals surface area (Å²) in [6.07, 6.45) is 1.66. The zero-order valence-corrected chi connectivity index (χ0v) is 17.9. The Hall–Kier alpha value is -1.83. The Morgan fingerprint density at radius 1 is 1.43 bits per heavy atom. The fourth-order valence-electron chi connectivity index (χ4n) is 3.42. The number of piperazine rings is 1. The van der Waals surface area contributed by atoms with Crippen LogP contribution >= 0.6 is 23.4 Å². The van der Waals surface area contributed by atoms with Crippen LogP contribution in [0.2, 0.25) is 5.02 Å². The summed E-state index contributed by atoms with van der Waals surface area (Å²) in [7, 11) is 0. The van der Waals surface area contributed by atoms with Crippen molar-refractivity contribution in [2.45, 2.75) is 30.8 Å². The summed E-state index contributed by atoms with van der Waals surface area (Å²) in [6, 6.07) is 5.05. The molecule has 1 amide bonds. The molecule has 0 spiro atoms. The number of hydrogen-bond acceptors (Lipinski definition) is 4. The molecule has 2 aromatic rings. The highest BCUT2D eigenvalue weighted by Gasteiger charge is 2.28. The highest BCUT2D eigenvalue weighted by molar-refractivity contribution is 8.00. The number of likely N-dealkylation sites (N-methyl/N-ethyl adjacent to an activating group) is 1. The molecular formula is C20H26ClN4O2S+. The summed E-state index contributed by atoms with van der Waals surface area (Å²) < 4.78 is 1.57. The minimum absolute atomic E-state index is 0.0887. The molecular weight excluding hydrogens is 396 g/mol. The van der Waals surface area contributed by atoms with Crippen LogP contribution in [0.15, 0.2) is 40.8 Å². The van der Waals surface area contributed by atoms with Crippen molar-refractivity contribution in [3.8, 4) is 0 Å². The Morgan fingerprint density at radius 3 is 2.79 bits per heavy atom. The van der Waals surface area contributed by atoms with Gasteiger partial charge in [0.1, 0.15) is 0 Å². The summed E-state index contributed by atoms with van der Waals surface area (Å²) >= 11 is 7.39. The van der Waals surface area contributed by atoms with E-state index >= 15 is 0 Å². The van der Waals surface area contributed by atoms with Crippen molar-refractivity contribution in [3.63, 3.8) is 0 Å². The molecule has 1 saturated heterocycles. The molecule has 1 aromatic heterocycles. The number of quaternary nitrogens is 1. The third-order valence-corrected chi connectivity index (χ3v) is 6.42. The third-order valence-electron chi connectivity index (χ3n) is 5.11. The smallest absolute Gasteiger partial charge is 0.262 e. The molecule has 1 atom stereocenters. The molecule has 28 heavy (non-hydrogen) atoms. The minimum Gasteiger partial charge on any atom is -0.332 e. The first kappa shape index (κ1) is 20.9. The number of nitrogens with zero attached hydrogens (tertiary/aromatic N) is 3. The molecule has 8 heteroatoms. The van der Waals surface area contributed by atoms with Crippen molar-refractivity contribution >= 4 is 40.2 Å². The van der Waals surface area contributed by atoms with E-state index in [-0.39, 0.29) is 16.7 Å². The van der Waals surface area contributed by atoms with Crippen LogP contribution in [0.1, 0.15) is 13.8 Å². The van der Waals surface area contributed by atoms with Gasteiger partial charge in [-0.2, -0.15) is 0 Å². The van der Waals surface area contributed by atoms with Crippen LogP contribution in [0.4, 0.5) is 0 Å². The molecule has 0 unspecified atom stereocenters. The first-order chi connectivity index (χ1) is 13.4. The van der Waals surface area contributed by atoms with E-state index in [4.69, 9.17) is 11.6 Å². The van der Waals surface area contributed by atoms with Crippen LogP contribution in [0.3, 0.4) is 0 Å². The van der Waals surface area contributed by atoms with E-state index in [9.17, 15) is 9.59 Å². The molecule has 150 valence electrons. The summed E-state index contributed by atoms with van der Waals surface area (Å²) in [5.41, 5.74) is 0.393. The van der Waals surface area contributed by atoms with Crippen molar-refractivity contribution in [1.82, 2.24) is 14.5 Å². The number of aromatic nitrogens is 2. The largest absolute Gasteiger partial charge is 0.332 e. The van der Waals surface area contributed by atoms with Gasteiger partial charge in [0.25, 0.3) is 5.56 Å². The maximum absolute atomic E-state index is 12.9. The van der Waals surface area contributed by atoms with Crippen LogP contribution in [-0.2, 0) is 11.3 Å². The van der Waals surface area contributed by atoms with Gasteiger partial charge in [-0.3, -0.25) is 14.2 Å². The molecule has 0 bridgehead atoms. The van der Waals surface area contributed by atoms with Gasteiger partial charge in [0.2, 0.25) is 5.91 Å². The predicted octanol–water partition coefficient (Wildman–Crippen LogP) is 1.46. The van der Waals surface area contributed by atoms with Crippen molar-refractivity contribution in [2.24, 2.45) is 0 Å². The molecule has 3 rings (SSSR count). The number of allylic oxidation sites excluding steroid dienone is 1. The Labute approximate surface area is 174 Å². The minimum atomic E-state index is -0.331. The monoisotopic (exact) mass is 421 g/mol. The van der Waals surface area contributed by atoms with Crippen LogP contribution < -0.4 is 10.5 Å². The van der Waals surface area contributed by atoms with E-state index in [2.05, 4.69) is 18.5 Å². The quantitative estimate of drug-likeness (QED) is 0.436. The zero-order valence-electron chi connectivity index (χ0n) is 16.3. The van der Waals surface area contributed by atoms with Crippen molar-refractivity contribution in [1.29, 1.82) is 0 Å². The molecule has 6 nitrogen and oxygen atoms in total. The highest BCUT2D eigenvalue weighted by Crippen LogP contribution is 2.25. The first-order valence-corrected chi connectivity index (χ1v) is 10.8. The van der Waals surface area contributed by atoms with E-state index in [1.165, 1.54) is 16.7 Å². The second kappa shape index (κ2) is 9.11. The summed E-state index contributed by atoms with van der Waals surface area (Å²) in [5.74, 6) is 0.0887. The molecule has 1 fully saturated rings. The number of benzene rings is 1. The van der Waals surface area contributed by atoms with Gasteiger partial charge >= 0.3 is 0 Å². The van der Waals surface area contributed by atoms with Gasteiger partial charge in [0, 0.05) is 11.6 Å². The van der Waals surface area contributed by atoms with Gasteiger partial charge in [-0.1, -0.05) is 29.4 Å². The molecule has 1 N–H and O–H groups in total. The highest BCUT2D eigenvalue weighted by atomic mass is 35.5. The number of rotatable bonds is 6. The van der Waals surface area contributed by atoms with E-state index < -0.39 is 0 Å². The van der Waals surface area contributed by atoms with E-state index in [1.807, 2.05) is 11.8 Å². The third kappa shape index (κ3) is 4.42. The van der Waals surface area contributed by atoms with Crippen LogP contribution in [0.25, 0.3) is 10.9 Å². The van der Waals surface area contributed by atoms with Gasteiger partial charge in [0.05, 0.1) is 48.9 Å². The van der Waals surface area contributed by atoms with Gasteiger partial charge in [-0.25, -0.2) is 4.98 Å². The molecule has 0 saturated carbocycles. The van der Waals surface area contributed by atoms with E-state index in [0.29, 0.717) is 27.6 Å². The standard InChI is InChI=1S/C20H25ClN4O2S/c1-4-8-25-19(27)16-7-6-15(21)13-17(16)22-20(25)28-14(3)18(26)24-11-9-23(5-2)10-12-24/h4,6-7,13-14H,1,5,8-12H2,2-3H3/p+1/t14-/m1/s1. The summed E-state index contributed by atoms with van der Waals surface area (Å²) in [6.45, 7) is 12.7. The van der Waals surface area contributed by atoms with Gasteiger partial charge < -0.3 is 9.80 Å². The Bertz CT molecular complexity index is 938. The zero-order chi connectivity index (χ0) is 20.3. The Balaban J connectivity index is 1.86. The topological polar surface area (TPSA) is 59.6 Å².